The second-order valence-electron chi connectivity index (χ2n) is 5.17. The molecule has 0 aliphatic rings. The standard InChI is InChI=1S/C18H22O3/c1-4-11-7-8-12(5-2)14(9-11)17-13(6-3)18(21)16(20)10-15(17)19/h7-10,19-21H,4-6H2,1-3H3. The molecule has 0 fully saturated rings. The van der Waals surface area contributed by atoms with E-state index in [4.69, 9.17) is 0 Å². The summed E-state index contributed by atoms with van der Waals surface area (Å²) < 4.78 is 0. The van der Waals surface area contributed by atoms with E-state index in [1.807, 2.05) is 6.92 Å². The van der Waals surface area contributed by atoms with Crippen molar-refractivity contribution in [3.05, 3.63) is 41.0 Å². The SMILES string of the molecule is CCc1ccc(CC)c(-c2c(O)cc(O)c(O)c2CC)c1. The first-order chi connectivity index (χ1) is 10.0. The summed E-state index contributed by atoms with van der Waals surface area (Å²) in [4.78, 5) is 0. The number of hydrogen-bond donors (Lipinski definition) is 3. The summed E-state index contributed by atoms with van der Waals surface area (Å²) >= 11 is 0. The third-order valence-electron chi connectivity index (χ3n) is 3.95. The summed E-state index contributed by atoms with van der Waals surface area (Å²) in [5.74, 6) is -0.419. The van der Waals surface area contributed by atoms with Crippen LogP contribution in [0.1, 0.15) is 37.5 Å². The molecule has 112 valence electrons. The van der Waals surface area contributed by atoms with Gasteiger partial charge < -0.3 is 15.3 Å². The number of phenolic OH excluding ortho intramolecular Hbond substituents is 3. The van der Waals surface area contributed by atoms with Crippen LogP contribution < -0.4 is 0 Å². The zero-order valence-electron chi connectivity index (χ0n) is 12.8. The fraction of sp³-hybridized carbons (Fsp3) is 0.333. The van der Waals surface area contributed by atoms with Gasteiger partial charge in [-0.1, -0.05) is 39.0 Å². The van der Waals surface area contributed by atoms with Gasteiger partial charge in [-0.25, -0.2) is 0 Å². The highest BCUT2D eigenvalue weighted by molar-refractivity contribution is 5.80. The topological polar surface area (TPSA) is 60.7 Å². The predicted octanol–water partition coefficient (Wildman–Crippen LogP) is 4.16. The van der Waals surface area contributed by atoms with Gasteiger partial charge in [-0.2, -0.15) is 0 Å². The van der Waals surface area contributed by atoms with Crippen molar-refractivity contribution in [3.8, 4) is 28.4 Å². The molecule has 0 aliphatic heterocycles. The third-order valence-corrected chi connectivity index (χ3v) is 3.95. The fourth-order valence-corrected chi connectivity index (χ4v) is 2.73. The Kier molecular flexibility index (Phi) is 4.41. The quantitative estimate of drug-likeness (QED) is 0.584. The Bertz CT molecular complexity index is 660. The molecule has 0 saturated heterocycles. The molecule has 2 aromatic carbocycles. The van der Waals surface area contributed by atoms with Gasteiger partial charge in [0.25, 0.3) is 0 Å². The molecule has 0 aromatic heterocycles. The molecule has 2 aromatic rings. The van der Waals surface area contributed by atoms with Gasteiger partial charge in [-0.15, -0.1) is 0 Å². The first-order valence-electron chi connectivity index (χ1n) is 7.42. The summed E-state index contributed by atoms with van der Waals surface area (Å²) in [7, 11) is 0. The highest BCUT2D eigenvalue weighted by atomic mass is 16.3. The number of benzene rings is 2. The minimum atomic E-state index is -0.280. The van der Waals surface area contributed by atoms with Crippen LogP contribution in [0.3, 0.4) is 0 Å². The van der Waals surface area contributed by atoms with E-state index < -0.39 is 0 Å². The Morgan fingerprint density at radius 1 is 0.810 bits per heavy atom. The third kappa shape index (κ3) is 2.68. The van der Waals surface area contributed by atoms with Crippen molar-refractivity contribution in [3.63, 3.8) is 0 Å². The lowest BCUT2D eigenvalue weighted by Gasteiger charge is -2.17. The van der Waals surface area contributed by atoms with E-state index in [9.17, 15) is 15.3 Å². The van der Waals surface area contributed by atoms with Crippen LogP contribution in [0.25, 0.3) is 11.1 Å². The number of aromatic hydroxyl groups is 3. The summed E-state index contributed by atoms with van der Waals surface area (Å²) in [6, 6.07) is 7.42. The predicted molar refractivity (Wildman–Crippen MR) is 85.0 cm³/mol. The van der Waals surface area contributed by atoms with Crippen LogP contribution in [0.4, 0.5) is 0 Å². The summed E-state index contributed by atoms with van der Waals surface area (Å²) in [6.45, 7) is 6.04. The zero-order chi connectivity index (χ0) is 15.6. The lowest BCUT2D eigenvalue weighted by atomic mass is 9.90. The largest absolute Gasteiger partial charge is 0.507 e. The normalized spacial score (nSPS) is 10.8. The minimum Gasteiger partial charge on any atom is -0.507 e. The van der Waals surface area contributed by atoms with E-state index in [1.165, 1.54) is 11.6 Å². The molecule has 0 saturated carbocycles. The van der Waals surface area contributed by atoms with Crippen molar-refractivity contribution in [1.29, 1.82) is 0 Å². The molecule has 0 heterocycles. The van der Waals surface area contributed by atoms with Crippen LogP contribution >= 0.6 is 0 Å². The van der Waals surface area contributed by atoms with E-state index in [0.717, 1.165) is 24.0 Å². The van der Waals surface area contributed by atoms with Crippen molar-refractivity contribution in [2.24, 2.45) is 0 Å². The lowest BCUT2D eigenvalue weighted by Crippen LogP contribution is -1.96. The monoisotopic (exact) mass is 286 g/mol. The molecule has 0 aliphatic carbocycles. The van der Waals surface area contributed by atoms with E-state index in [0.29, 0.717) is 17.5 Å². The van der Waals surface area contributed by atoms with Gasteiger partial charge in [0.2, 0.25) is 0 Å². The second-order valence-corrected chi connectivity index (χ2v) is 5.17. The minimum absolute atomic E-state index is 0.00473. The molecule has 2 rings (SSSR count). The zero-order valence-corrected chi connectivity index (χ0v) is 12.8. The number of hydrogen-bond acceptors (Lipinski definition) is 3. The van der Waals surface area contributed by atoms with Gasteiger partial charge in [0, 0.05) is 17.2 Å². The van der Waals surface area contributed by atoms with Gasteiger partial charge in [0.05, 0.1) is 0 Å². The van der Waals surface area contributed by atoms with Gasteiger partial charge in [-0.3, -0.25) is 0 Å². The van der Waals surface area contributed by atoms with Crippen LogP contribution in [0.2, 0.25) is 0 Å². The Hall–Kier alpha value is -2.16. The maximum absolute atomic E-state index is 10.3. The Morgan fingerprint density at radius 3 is 2.10 bits per heavy atom. The molecule has 0 spiro atoms. The molecule has 0 radical (unpaired) electrons. The van der Waals surface area contributed by atoms with Gasteiger partial charge >= 0.3 is 0 Å². The van der Waals surface area contributed by atoms with Crippen LogP contribution in [0.5, 0.6) is 17.2 Å². The molecule has 0 unspecified atom stereocenters. The van der Waals surface area contributed by atoms with E-state index in [2.05, 4.69) is 32.0 Å². The fourth-order valence-electron chi connectivity index (χ4n) is 2.73. The van der Waals surface area contributed by atoms with E-state index >= 15 is 0 Å². The Morgan fingerprint density at radius 2 is 1.52 bits per heavy atom. The molecule has 0 bridgehead atoms. The van der Waals surface area contributed by atoms with Crippen LogP contribution in [-0.2, 0) is 19.3 Å². The number of aryl methyl sites for hydroxylation is 2. The Balaban J connectivity index is 2.80. The average molecular weight is 286 g/mol. The second kappa shape index (κ2) is 6.08. The van der Waals surface area contributed by atoms with Crippen molar-refractivity contribution < 1.29 is 15.3 Å². The molecule has 21 heavy (non-hydrogen) atoms. The maximum Gasteiger partial charge on any atom is 0.161 e. The van der Waals surface area contributed by atoms with Crippen LogP contribution in [0, 0.1) is 0 Å². The van der Waals surface area contributed by atoms with Crippen molar-refractivity contribution >= 4 is 0 Å². The Labute approximate surface area is 125 Å². The maximum atomic E-state index is 10.3. The summed E-state index contributed by atoms with van der Waals surface area (Å²) in [5.41, 5.74) is 4.43. The molecular formula is C18H22O3. The van der Waals surface area contributed by atoms with Crippen LogP contribution in [0.15, 0.2) is 24.3 Å². The average Bonchev–Trinajstić information content (AvgIpc) is 2.49. The summed E-state index contributed by atoms with van der Waals surface area (Å²) in [5, 5.41) is 30.1. The van der Waals surface area contributed by atoms with Gasteiger partial charge in [-0.05, 0) is 36.0 Å². The van der Waals surface area contributed by atoms with Crippen molar-refractivity contribution in [2.75, 3.05) is 0 Å². The highest BCUT2D eigenvalue weighted by Crippen LogP contribution is 2.44. The van der Waals surface area contributed by atoms with E-state index in [-0.39, 0.29) is 17.2 Å². The van der Waals surface area contributed by atoms with Crippen molar-refractivity contribution in [2.45, 2.75) is 40.0 Å². The van der Waals surface area contributed by atoms with Crippen molar-refractivity contribution in [1.82, 2.24) is 0 Å². The molecule has 3 heteroatoms. The molecular weight excluding hydrogens is 264 g/mol. The van der Waals surface area contributed by atoms with Crippen LogP contribution in [-0.4, -0.2) is 15.3 Å². The van der Waals surface area contributed by atoms with Gasteiger partial charge in [0.1, 0.15) is 5.75 Å². The molecule has 3 N–H and O–H groups in total. The molecule has 0 atom stereocenters. The molecule has 3 nitrogen and oxygen atoms in total. The first-order valence-corrected chi connectivity index (χ1v) is 7.42. The van der Waals surface area contributed by atoms with E-state index in [1.54, 1.807) is 0 Å². The van der Waals surface area contributed by atoms with Gasteiger partial charge in [0.15, 0.2) is 11.5 Å². The summed E-state index contributed by atoms with van der Waals surface area (Å²) in [6.07, 6.45) is 2.27. The smallest absolute Gasteiger partial charge is 0.161 e. The molecule has 0 amide bonds. The first kappa shape index (κ1) is 15.2. The highest BCUT2D eigenvalue weighted by Gasteiger charge is 2.19. The number of rotatable bonds is 4. The number of phenols is 3. The lowest BCUT2D eigenvalue weighted by molar-refractivity contribution is 0.393.